The molecule has 0 bridgehead atoms. The first-order chi connectivity index (χ1) is 11.7. The molecule has 1 aliphatic rings. The maximum atomic E-state index is 14.2. The van der Waals surface area contributed by atoms with E-state index in [1.165, 1.54) is 6.07 Å². The Labute approximate surface area is 164 Å². The van der Waals surface area contributed by atoms with Gasteiger partial charge in [-0.25, -0.2) is 9.18 Å². The zero-order chi connectivity index (χ0) is 18.4. The van der Waals surface area contributed by atoms with Crippen LogP contribution >= 0.6 is 34.2 Å². The van der Waals surface area contributed by atoms with Crippen LogP contribution in [0.15, 0.2) is 18.2 Å². The van der Waals surface area contributed by atoms with E-state index in [4.69, 9.17) is 16.3 Å². The fraction of sp³-hybridized carbons (Fsp3) is 0.412. The zero-order valence-corrected chi connectivity index (χ0v) is 17.1. The lowest BCUT2D eigenvalue weighted by Crippen LogP contribution is -2.41. The Morgan fingerprint density at radius 1 is 1.36 bits per heavy atom. The van der Waals surface area contributed by atoms with Gasteiger partial charge in [-0.05, 0) is 61.6 Å². The number of nitrogens with zero attached hydrogens (tertiary/aromatic N) is 3. The Morgan fingerprint density at radius 2 is 2.08 bits per heavy atom. The van der Waals surface area contributed by atoms with E-state index >= 15 is 0 Å². The van der Waals surface area contributed by atoms with Gasteiger partial charge in [-0.2, -0.15) is 5.10 Å². The van der Waals surface area contributed by atoms with Gasteiger partial charge in [-0.1, -0.05) is 11.6 Å². The largest absolute Gasteiger partial charge is 0.444 e. The van der Waals surface area contributed by atoms with Crippen LogP contribution in [0.4, 0.5) is 9.18 Å². The smallest absolute Gasteiger partial charge is 0.410 e. The van der Waals surface area contributed by atoms with Crippen molar-refractivity contribution in [1.29, 1.82) is 0 Å². The van der Waals surface area contributed by atoms with Gasteiger partial charge in [0.2, 0.25) is 0 Å². The molecule has 2 heterocycles. The van der Waals surface area contributed by atoms with Gasteiger partial charge in [0.15, 0.2) is 0 Å². The van der Waals surface area contributed by atoms with Gasteiger partial charge in [0.05, 0.1) is 22.4 Å². The van der Waals surface area contributed by atoms with Crippen molar-refractivity contribution < 1.29 is 13.9 Å². The molecule has 0 saturated carbocycles. The van der Waals surface area contributed by atoms with Crippen LogP contribution in [0.5, 0.6) is 0 Å². The second-order valence-corrected chi connectivity index (χ2v) is 8.37. The molecule has 8 heteroatoms. The molecule has 2 aromatic rings. The van der Waals surface area contributed by atoms with E-state index in [0.29, 0.717) is 35.9 Å². The molecule has 0 N–H and O–H groups in total. The summed E-state index contributed by atoms with van der Waals surface area (Å²) in [6.07, 6.45) is -0.352. The van der Waals surface area contributed by atoms with Crippen molar-refractivity contribution in [2.24, 2.45) is 0 Å². The summed E-state index contributed by atoms with van der Waals surface area (Å²) in [4.78, 5) is 13.9. The molecule has 1 aromatic heterocycles. The summed E-state index contributed by atoms with van der Waals surface area (Å²) in [6.45, 7) is 6.94. The average molecular weight is 478 g/mol. The maximum Gasteiger partial charge on any atom is 0.410 e. The minimum absolute atomic E-state index is 0.344. The van der Waals surface area contributed by atoms with Crippen LogP contribution in [-0.2, 0) is 17.8 Å². The van der Waals surface area contributed by atoms with Gasteiger partial charge in [0.1, 0.15) is 17.1 Å². The van der Waals surface area contributed by atoms with Crippen molar-refractivity contribution in [3.8, 4) is 11.3 Å². The number of hydrogen-bond acceptors (Lipinski definition) is 3. The Hall–Kier alpha value is -1.35. The maximum absolute atomic E-state index is 14.2. The average Bonchev–Trinajstić information content (AvgIpc) is 2.82. The van der Waals surface area contributed by atoms with Crippen LogP contribution in [0.3, 0.4) is 0 Å². The number of fused-ring (bicyclic) bond motifs is 1. The molecule has 1 aromatic carbocycles. The molecule has 0 radical (unpaired) electrons. The summed E-state index contributed by atoms with van der Waals surface area (Å²) in [6, 6.07) is 4.54. The predicted molar refractivity (Wildman–Crippen MR) is 102 cm³/mol. The van der Waals surface area contributed by atoms with Crippen molar-refractivity contribution >= 4 is 40.3 Å². The monoisotopic (exact) mass is 477 g/mol. The number of carbonyl (C=O) groups is 1. The summed E-state index contributed by atoms with van der Waals surface area (Å²) in [5.74, 6) is -0.412. The summed E-state index contributed by atoms with van der Waals surface area (Å²) in [5.41, 5.74) is 1.30. The highest BCUT2D eigenvalue weighted by atomic mass is 127. The van der Waals surface area contributed by atoms with Gasteiger partial charge in [0.25, 0.3) is 0 Å². The van der Waals surface area contributed by atoms with Crippen LogP contribution in [0.1, 0.15) is 26.5 Å². The van der Waals surface area contributed by atoms with Gasteiger partial charge in [-0.15, -0.1) is 0 Å². The number of amides is 1. The third-order valence-electron chi connectivity index (χ3n) is 3.75. The molecule has 0 saturated heterocycles. The lowest BCUT2D eigenvalue weighted by atomic mass is 10.1. The highest BCUT2D eigenvalue weighted by molar-refractivity contribution is 14.1. The standard InChI is InChI=1S/C17H18ClFIN3O2/c1-17(2,3)25-16(24)22-6-7-23-13(9-22)14(20)15(21-23)11-5-4-10(18)8-12(11)19/h4-5,8H,6-7,9H2,1-3H3. The van der Waals surface area contributed by atoms with Gasteiger partial charge >= 0.3 is 6.09 Å². The molecule has 1 aliphatic heterocycles. The third-order valence-corrected chi connectivity index (χ3v) is 5.12. The summed E-state index contributed by atoms with van der Waals surface area (Å²) < 4.78 is 22.3. The van der Waals surface area contributed by atoms with E-state index in [-0.39, 0.29) is 6.09 Å². The number of hydrogen-bond donors (Lipinski definition) is 0. The van der Waals surface area contributed by atoms with Crippen LogP contribution < -0.4 is 0 Å². The van der Waals surface area contributed by atoms with E-state index in [9.17, 15) is 9.18 Å². The molecule has 1 amide bonds. The fourth-order valence-electron chi connectivity index (χ4n) is 2.62. The fourth-order valence-corrected chi connectivity index (χ4v) is 3.63. The third kappa shape index (κ3) is 3.92. The minimum atomic E-state index is -0.542. The molecular formula is C17H18ClFIN3O2. The van der Waals surface area contributed by atoms with E-state index in [0.717, 1.165) is 9.26 Å². The Bertz CT molecular complexity index is 832. The SMILES string of the molecule is CC(C)(C)OC(=O)N1CCn2nc(-c3ccc(Cl)cc3F)c(I)c2C1. The zero-order valence-electron chi connectivity index (χ0n) is 14.1. The first kappa shape index (κ1) is 18.4. The molecule has 0 spiro atoms. The van der Waals surface area contributed by atoms with Gasteiger partial charge in [-0.3, -0.25) is 4.68 Å². The number of benzene rings is 1. The van der Waals surface area contributed by atoms with Crippen LogP contribution in [-0.4, -0.2) is 32.9 Å². The highest BCUT2D eigenvalue weighted by Gasteiger charge is 2.29. The van der Waals surface area contributed by atoms with Crippen molar-refractivity contribution in [2.75, 3.05) is 6.54 Å². The predicted octanol–water partition coefficient (Wildman–Crippen LogP) is 4.70. The van der Waals surface area contributed by atoms with Crippen LogP contribution in [0.2, 0.25) is 5.02 Å². The number of rotatable bonds is 1. The van der Waals surface area contributed by atoms with Gasteiger partial charge < -0.3 is 9.64 Å². The lowest BCUT2D eigenvalue weighted by molar-refractivity contribution is 0.0194. The van der Waals surface area contributed by atoms with Crippen LogP contribution in [0.25, 0.3) is 11.3 Å². The second kappa shape index (κ2) is 6.75. The molecule has 5 nitrogen and oxygen atoms in total. The number of aromatic nitrogens is 2. The lowest BCUT2D eigenvalue weighted by Gasteiger charge is -2.30. The normalized spacial score (nSPS) is 14.4. The van der Waals surface area contributed by atoms with Crippen molar-refractivity contribution in [3.05, 3.63) is 38.3 Å². The molecule has 0 unspecified atom stereocenters. The molecule has 0 aliphatic carbocycles. The Morgan fingerprint density at radius 3 is 2.72 bits per heavy atom. The first-order valence-electron chi connectivity index (χ1n) is 7.84. The van der Waals surface area contributed by atoms with Crippen molar-refractivity contribution in [1.82, 2.24) is 14.7 Å². The number of ether oxygens (including phenoxy) is 1. The summed E-state index contributed by atoms with van der Waals surface area (Å²) in [7, 11) is 0. The van der Waals surface area contributed by atoms with Crippen molar-refractivity contribution in [3.63, 3.8) is 0 Å². The topological polar surface area (TPSA) is 47.4 Å². The molecule has 25 heavy (non-hydrogen) atoms. The molecule has 3 rings (SSSR count). The molecule has 0 fully saturated rings. The van der Waals surface area contributed by atoms with Crippen LogP contribution in [0, 0.1) is 9.39 Å². The number of halogens is 3. The second-order valence-electron chi connectivity index (χ2n) is 6.86. The van der Waals surface area contributed by atoms with E-state index in [1.807, 2.05) is 25.5 Å². The van der Waals surface area contributed by atoms with E-state index in [2.05, 4.69) is 27.7 Å². The first-order valence-corrected chi connectivity index (χ1v) is 9.30. The Balaban J connectivity index is 1.89. The van der Waals surface area contributed by atoms with E-state index in [1.54, 1.807) is 17.0 Å². The summed E-state index contributed by atoms with van der Waals surface area (Å²) >= 11 is 7.97. The quantitative estimate of drug-likeness (QED) is 0.560. The molecule has 0 atom stereocenters. The highest BCUT2D eigenvalue weighted by Crippen LogP contribution is 2.32. The van der Waals surface area contributed by atoms with Gasteiger partial charge in [0, 0.05) is 17.1 Å². The number of carbonyl (C=O) groups excluding carboxylic acids is 1. The van der Waals surface area contributed by atoms with E-state index < -0.39 is 11.4 Å². The molecular weight excluding hydrogens is 460 g/mol. The molecule has 134 valence electrons. The Kier molecular flexibility index (Phi) is 4.98. The summed E-state index contributed by atoms with van der Waals surface area (Å²) in [5, 5.41) is 4.87. The minimum Gasteiger partial charge on any atom is -0.444 e. The van der Waals surface area contributed by atoms with Crippen molar-refractivity contribution in [2.45, 2.75) is 39.5 Å².